The maximum absolute atomic E-state index is 11.5. The molecule has 88 valence electrons. The quantitative estimate of drug-likeness (QED) is 0.828. The molecule has 1 aliphatic carbocycles. The zero-order chi connectivity index (χ0) is 11.7. The lowest BCUT2D eigenvalue weighted by Crippen LogP contribution is -2.26. The van der Waals surface area contributed by atoms with Crippen molar-refractivity contribution in [3.63, 3.8) is 0 Å². The number of hydrogen-bond acceptors (Lipinski definition) is 1. The fourth-order valence-corrected chi connectivity index (χ4v) is 2.08. The number of hydrogen-bond donors (Lipinski definition) is 2. The lowest BCUT2D eigenvalue weighted by atomic mass is 10.1. The first-order chi connectivity index (χ1) is 8.33. The van der Waals surface area contributed by atoms with E-state index < -0.39 is 0 Å². The Balaban J connectivity index is 1.58. The third kappa shape index (κ3) is 2.33. The SMILES string of the molecule is O=C(NCCc1ccc2[nH]ccc2c1)C1CC1. The Morgan fingerprint density at radius 1 is 1.35 bits per heavy atom. The zero-order valence-corrected chi connectivity index (χ0v) is 9.70. The van der Waals surface area contributed by atoms with E-state index in [1.165, 1.54) is 10.9 Å². The van der Waals surface area contributed by atoms with Crippen molar-refractivity contribution in [1.29, 1.82) is 0 Å². The lowest BCUT2D eigenvalue weighted by Gasteiger charge is -2.04. The van der Waals surface area contributed by atoms with Crippen LogP contribution in [0.4, 0.5) is 0 Å². The maximum Gasteiger partial charge on any atom is 0.223 e. The summed E-state index contributed by atoms with van der Waals surface area (Å²) < 4.78 is 0. The Morgan fingerprint density at radius 3 is 3.06 bits per heavy atom. The van der Waals surface area contributed by atoms with Gasteiger partial charge in [0, 0.05) is 24.2 Å². The molecule has 1 saturated carbocycles. The van der Waals surface area contributed by atoms with Gasteiger partial charge < -0.3 is 10.3 Å². The second-order valence-corrected chi connectivity index (χ2v) is 4.71. The molecule has 0 unspecified atom stereocenters. The summed E-state index contributed by atoms with van der Waals surface area (Å²) in [5.41, 5.74) is 2.43. The van der Waals surface area contributed by atoms with Gasteiger partial charge in [-0.15, -0.1) is 0 Å². The molecule has 2 N–H and O–H groups in total. The Kier molecular flexibility index (Phi) is 2.59. The fraction of sp³-hybridized carbons (Fsp3) is 0.357. The van der Waals surface area contributed by atoms with Gasteiger partial charge in [-0.2, -0.15) is 0 Å². The third-order valence-corrected chi connectivity index (χ3v) is 3.28. The van der Waals surface area contributed by atoms with Crippen LogP contribution in [-0.4, -0.2) is 17.4 Å². The van der Waals surface area contributed by atoms with E-state index in [4.69, 9.17) is 0 Å². The van der Waals surface area contributed by atoms with Crippen molar-refractivity contribution in [2.45, 2.75) is 19.3 Å². The van der Waals surface area contributed by atoms with Crippen molar-refractivity contribution in [1.82, 2.24) is 10.3 Å². The Morgan fingerprint density at radius 2 is 2.24 bits per heavy atom. The van der Waals surface area contributed by atoms with Crippen LogP contribution in [0.1, 0.15) is 18.4 Å². The van der Waals surface area contributed by atoms with Gasteiger partial charge in [-0.3, -0.25) is 4.79 Å². The molecular formula is C14H16N2O. The van der Waals surface area contributed by atoms with Crippen molar-refractivity contribution in [2.24, 2.45) is 5.92 Å². The van der Waals surface area contributed by atoms with Gasteiger partial charge in [-0.05, 0) is 48.4 Å². The summed E-state index contributed by atoms with van der Waals surface area (Å²) in [4.78, 5) is 14.6. The highest BCUT2D eigenvalue weighted by Crippen LogP contribution is 2.28. The zero-order valence-electron chi connectivity index (χ0n) is 9.70. The number of benzene rings is 1. The first-order valence-corrected chi connectivity index (χ1v) is 6.17. The van der Waals surface area contributed by atoms with Gasteiger partial charge in [0.1, 0.15) is 0 Å². The lowest BCUT2D eigenvalue weighted by molar-refractivity contribution is -0.122. The number of H-pyrrole nitrogens is 1. The number of fused-ring (bicyclic) bond motifs is 1. The molecular weight excluding hydrogens is 212 g/mol. The Labute approximate surface area is 100 Å². The molecule has 0 spiro atoms. The minimum absolute atomic E-state index is 0.229. The highest BCUT2D eigenvalue weighted by molar-refractivity contribution is 5.81. The van der Waals surface area contributed by atoms with Crippen molar-refractivity contribution >= 4 is 16.8 Å². The molecule has 3 heteroatoms. The first-order valence-electron chi connectivity index (χ1n) is 6.17. The third-order valence-electron chi connectivity index (χ3n) is 3.28. The van der Waals surface area contributed by atoms with E-state index in [9.17, 15) is 4.79 Å². The second-order valence-electron chi connectivity index (χ2n) is 4.71. The van der Waals surface area contributed by atoms with E-state index in [-0.39, 0.29) is 5.91 Å². The molecule has 1 aromatic carbocycles. The van der Waals surface area contributed by atoms with Crippen LogP contribution in [0.25, 0.3) is 10.9 Å². The van der Waals surface area contributed by atoms with Crippen LogP contribution in [0.2, 0.25) is 0 Å². The Bertz CT molecular complexity index is 540. The molecule has 1 aromatic heterocycles. The van der Waals surface area contributed by atoms with Crippen LogP contribution in [-0.2, 0) is 11.2 Å². The van der Waals surface area contributed by atoms with E-state index in [0.717, 1.165) is 31.3 Å². The average molecular weight is 228 g/mol. The van der Waals surface area contributed by atoms with Crippen LogP contribution in [0.15, 0.2) is 30.5 Å². The molecule has 0 saturated heterocycles. The van der Waals surface area contributed by atoms with Gasteiger partial charge in [0.25, 0.3) is 0 Å². The number of rotatable bonds is 4. The van der Waals surface area contributed by atoms with Gasteiger partial charge in [-0.1, -0.05) is 6.07 Å². The second kappa shape index (κ2) is 4.24. The summed E-state index contributed by atoms with van der Waals surface area (Å²) >= 11 is 0. The summed E-state index contributed by atoms with van der Waals surface area (Å²) in [5, 5.41) is 4.22. The highest BCUT2D eigenvalue weighted by Gasteiger charge is 2.28. The predicted molar refractivity (Wildman–Crippen MR) is 67.7 cm³/mol. The van der Waals surface area contributed by atoms with Gasteiger partial charge in [0.15, 0.2) is 0 Å². The fourth-order valence-electron chi connectivity index (χ4n) is 2.08. The van der Waals surface area contributed by atoms with E-state index in [1.807, 2.05) is 6.20 Å². The van der Waals surface area contributed by atoms with Gasteiger partial charge in [0.05, 0.1) is 0 Å². The molecule has 1 heterocycles. The topological polar surface area (TPSA) is 44.9 Å². The summed E-state index contributed by atoms with van der Waals surface area (Å²) in [6.45, 7) is 0.741. The first kappa shape index (κ1) is 10.4. The standard InChI is InChI=1S/C14H16N2O/c17-14(11-2-3-11)16-7-5-10-1-4-13-12(9-10)6-8-15-13/h1,4,6,8-9,11,15H,2-3,5,7H2,(H,16,17). The Hall–Kier alpha value is -1.77. The molecule has 3 nitrogen and oxygen atoms in total. The predicted octanol–water partition coefficient (Wildman–Crippen LogP) is 2.24. The number of nitrogens with one attached hydrogen (secondary N) is 2. The van der Waals surface area contributed by atoms with Crippen LogP contribution in [0, 0.1) is 5.92 Å². The molecule has 1 fully saturated rings. The minimum Gasteiger partial charge on any atom is -0.361 e. The van der Waals surface area contributed by atoms with E-state index in [1.54, 1.807) is 0 Å². The van der Waals surface area contributed by atoms with Gasteiger partial charge in [-0.25, -0.2) is 0 Å². The molecule has 0 atom stereocenters. The molecule has 2 aromatic rings. The van der Waals surface area contributed by atoms with Gasteiger partial charge >= 0.3 is 0 Å². The number of carbonyl (C=O) groups is 1. The largest absolute Gasteiger partial charge is 0.361 e. The maximum atomic E-state index is 11.5. The molecule has 1 amide bonds. The van der Waals surface area contributed by atoms with Crippen LogP contribution < -0.4 is 5.32 Å². The molecule has 0 bridgehead atoms. The van der Waals surface area contributed by atoms with Crippen molar-refractivity contribution < 1.29 is 4.79 Å². The van der Waals surface area contributed by atoms with Crippen LogP contribution in [0.5, 0.6) is 0 Å². The van der Waals surface area contributed by atoms with Crippen LogP contribution in [0.3, 0.4) is 0 Å². The van der Waals surface area contributed by atoms with Crippen LogP contribution >= 0.6 is 0 Å². The highest BCUT2D eigenvalue weighted by atomic mass is 16.2. The monoisotopic (exact) mass is 228 g/mol. The van der Waals surface area contributed by atoms with Crippen molar-refractivity contribution in [2.75, 3.05) is 6.54 Å². The summed E-state index contributed by atoms with van der Waals surface area (Å²) in [6, 6.07) is 8.45. The molecule has 0 radical (unpaired) electrons. The normalized spacial score (nSPS) is 15.1. The molecule has 0 aliphatic heterocycles. The van der Waals surface area contributed by atoms with Crippen molar-refractivity contribution in [3.05, 3.63) is 36.0 Å². The molecule has 3 rings (SSSR count). The number of carbonyl (C=O) groups excluding carboxylic acids is 1. The number of aromatic nitrogens is 1. The van der Waals surface area contributed by atoms with E-state index in [0.29, 0.717) is 5.92 Å². The summed E-state index contributed by atoms with van der Waals surface area (Å²) in [7, 11) is 0. The number of aromatic amines is 1. The average Bonchev–Trinajstić information content (AvgIpc) is 3.08. The van der Waals surface area contributed by atoms with Crippen molar-refractivity contribution in [3.8, 4) is 0 Å². The smallest absolute Gasteiger partial charge is 0.223 e. The molecule has 17 heavy (non-hydrogen) atoms. The minimum atomic E-state index is 0.229. The van der Waals surface area contributed by atoms with E-state index >= 15 is 0 Å². The van der Waals surface area contributed by atoms with E-state index in [2.05, 4.69) is 34.6 Å². The van der Waals surface area contributed by atoms with Gasteiger partial charge in [0.2, 0.25) is 5.91 Å². The summed E-state index contributed by atoms with van der Waals surface area (Å²) in [5.74, 6) is 0.537. The molecule has 1 aliphatic rings. The summed E-state index contributed by atoms with van der Waals surface area (Å²) in [6.07, 6.45) is 4.99. The number of amides is 1.